The van der Waals surface area contributed by atoms with Crippen molar-refractivity contribution in [3.05, 3.63) is 28.2 Å². The number of benzene rings is 1. The van der Waals surface area contributed by atoms with Gasteiger partial charge >= 0.3 is 0 Å². The Morgan fingerprint density at radius 2 is 2.25 bits per heavy atom. The van der Waals surface area contributed by atoms with Gasteiger partial charge in [0.2, 0.25) is 0 Å². The van der Waals surface area contributed by atoms with Crippen molar-refractivity contribution in [2.75, 3.05) is 20.7 Å². The summed E-state index contributed by atoms with van der Waals surface area (Å²) in [5.74, 6) is 0.908. The lowest BCUT2D eigenvalue weighted by Crippen LogP contribution is -2.10. The predicted molar refractivity (Wildman–Crippen MR) is 68.2 cm³/mol. The number of methoxy groups -OCH3 is 1. The third kappa shape index (κ3) is 3.61. The standard InChI is InChI=1S/C12H16BrNO2/c1-14-7-3-4-11(15)9-5-6-12(16-2)10(13)8-9/h5-6,8,14H,3-4,7H2,1-2H3. The van der Waals surface area contributed by atoms with Crippen LogP contribution >= 0.6 is 15.9 Å². The van der Waals surface area contributed by atoms with E-state index >= 15 is 0 Å². The number of halogens is 1. The Morgan fingerprint density at radius 1 is 1.50 bits per heavy atom. The van der Waals surface area contributed by atoms with Crippen LogP contribution in [-0.2, 0) is 0 Å². The van der Waals surface area contributed by atoms with Crippen LogP contribution < -0.4 is 10.1 Å². The fourth-order valence-corrected chi connectivity index (χ4v) is 1.95. The monoisotopic (exact) mass is 285 g/mol. The number of ether oxygens (including phenoxy) is 1. The van der Waals surface area contributed by atoms with Gasteiger partial charge in [0.25, 0.3) is 0 Å². The van der Waals surface area contributed by atoms with Gasteiger partial charge in [-0.3, -0.25) is 4.79 Å². The molecule has 0 aromatic heterocycles. The minimum absolute atomic E-state index is 0.165. The summed E-state index contributed by atoms with van der Waals surface area (Å²) in [7, 11) is 3.49. The van der Waals surface area contributed by atoms with E-state index in [1.807, 2.05) is 7.05 Å². The van der Waals surface area contributed by atoms with Gasteiger partial charge in [-0.05, 0) is 54.1 Å². The zero-order valence-corrected chi connectivity index (χ0v) is 11.1. The Morgan fingerprint density at radius 3 is 2.81 bits per heavy atom. The lowest BCUT2D eigenvalue weighted by molar-refractivity contribution is 0.0980. The smallest absolute Gasteiger partial charge is 0.162 e. The molecule has 0 radical (unpaired) electrons. The third-order valence-electron chi connectivity index (χ3n) is 2.30. The fraction of sp³-hybridized carbons (Fsp3) is 0.417. The molecule has 4 heteroatoms. The molecule has 0 spiro atoms. The van der Waals surface area contributed by atoms with E-state index in [1.165, 1.54) is 0 Å². The van der Waals surface area contributed by atoms with Crippen molar-refractivity contribution in [3.63, 3.8) is 0 Å². The van der Waals surface area contributed by atoms with E-state index in [2.05, 4.69) is 21.2 Å². The Labute approximate surface area is 104 Å². The minimum atomic E-state index is 0.165. The zero-order valence-electron chi connectivity index (χ0n) is 9.55. The number of carbonyl (C=O) groups is 1. The Hall–Kier alpha value is -0.870. The van der Waals surface area contributed by atoms with E-state index in [-0.39, 0.29) is 5.78 Å². The molecule has 1 rings (SSSR count). The Balaban J connectivity index is 2.66. The molecule has 0 amide bonds. The molecule has 88 valence electrons. The number of hydrogen-bond donors (Lipinski definition) is 1. The summed E-state index contributed by atoms with van der Waals surface area (Å²) >= 11 is 3.37. The molecule has 1 aromatic carbocycles. The van der Waals surface area contributed by atoms with Gasteiger partial charge in [0, 0.05) is 12.0 Å². The summed E-state index contributed by atoms with van der Waals surface area (Å²) < 4.78 is 5.92. The maximum absolute atomic E-state index is 11.8. The number of rotatable bonds is 6. The SMILES string of the molecule is CNCCCC(=O)c1ccc(OC)c(Br)c1. The highest BCUT2D eigenvalue weighted by molar-refractivity contribution is 9.10. The minimum Gasteiger partial charge on any atom is -0.496 e. The molecule has 16 heavy (non-hydrogen) atoms. The summed E-state index contributed by atoms with van der Waals surface area (Å²) in [5, 5.41) is 3.02. The molecule has 1 N–H and O–H groups in total. The fourth-order valence-electron chi connectivity index (χ4n) is 1.41. The summed E-state index contributed by atoms with van der Waals surface area (Å²) in [6.45, 7) is 0.864. The van der Waals surface area contributed by atoms with E-state index in [1.54, 1.807) is 25.3 Å². The summed E-state index contributed by atoms with van der Waals surface area (Å²) in [5.41, 5.74) is 0.726. The summed E-state index contributed by atoms with van der Waals surface area (Å²) in [6, 6.07) is 5.40. The van der Waals surface area contributed by atoms with Gasteiger partial charge in [-0.25, -0.2) is 0 Å². The number of nitrogens with one attached hydrogen (secondary N) is 1. The Kier molecular flexibility index (Phi) is 5.49. The molecule has 3 nitrogen and oxygen atoms in total. The maximum Gasteiger partial charge on any atom is 0.162 e. The largest absolute Gasteiger partial charge is 0.496 e. The summed E-state index contributed by atoms with van der Waals surface area (Å²) in [6.07, 6.45) is 1.43. The van der Waals surface area contributed by atoms with E-state index < -0.39 is 0 Å². The van der Waals surface area contributed by atoms with Crippen molar-refractivity contribution in [2.24, 2.45) is 0 Å². The highest BCUT2D eigenvalue weighted by Crippen LogP contribution is 2.26. The van der Waals surface area contributed by atoms with Crippen molar-refractivity contribution in [3.8, 4) is 5.75 Å². The molecule has 0 bridgehead atoms. The van der Waals surface area contributed by atoms with Crippen LogP contribution in [0.1, 0.15) is 23.2 Å². The second kappa shape index (κ2) is 6.66. The number of hydrogen-bond acceptors (Lipinski definition) is 3. The maximum atomic E-state index is 11.8. The van der Waals surface area contributed by atoms with Gasteiger partial charge in [-0.2, -0.15) is 0 Å². The van der Waals surface area contributed by atoms with Crippen LogP contribution in [0.2, 0.25) is 0 Å². The first-order chi connectivity index (χ1) is 7.69. The van der Waals surface area contributed by atoms with Gasteiger partial charge in [0.15, 0.2) is 5.78 Å². The number of Topliss-reactive ketones (excluding diaryl/α,β-unsaturated/α-hetero) is 1. The molecule has 0 atom stereocenters. The molecule has 1 aromatic rings. The van der Waals surface area contributed by atoms with Crippen LogP contribution in [-0.4, -0.2) is 26.5 Å². The first-order valence-corrected chi connectivity index (χ1v) is 5.99. The Bertz CT molecular complexity index is 366. The first-order valence-electron chi connectivity index (χ1n) is 5.20. The molecule has 0 fully saturated rings. The normalized spacial score (nSPS) is 10.2. The molecule has 0 saturated carbocycles. The van der Waals surface area contributed by atoms with Crippen LogP contribution in [0.5, 0.6) is 5.75 Å². The molecule has 0 unspecified atom stereocenters. The quantitative estimate of drug-likeness (QED) is 0.645. The molecule has 0 heterocycles. The van der Waals surface area contributed by atoms with Gasteiger partial charge in [0.1, 0.15) is 5.75 Å². The first kappa shape index (κ1) is 13.2. The van der Waals surface area contributed by atoms with Crippen LogP contribution in [0, 0.1) is 0 Å². The molecule has 0 aliphatic carbocycles. The molecule has 0 saturated heterocycles. The van der Waals surface area contributed by atoms with Crippen LogP contribution in [0.4, 0.5) is 0 Å². The van der Waals surface area contributed by atoms with Gasteiger partial charge in [-0.1, -0.05) is 0 Å². The van der Waals surface area contributed by atoms with Gasteiger partial charge in [-0.15, -0.1) is 0 Å². The zero-order chi connectivity index (χ0) is 12.0. The van der Waals surface area contributed by atoms with Crippen LogP contribution in [0.15, 0.2) is 22.7 Å². The van der Waals surface area contributed by atoms with Crippen molar-refractivity contribution in [1.82, 2.24) is 5.32 Å². The topological polar surface area (TPSA) is 38.3 Å². The van der Waals surface area contributed by atoms with Crippen molar-refractivity contribution in [2.45, 2.75) is 12.8 Å². The van der Waals surface area contributed by atoms with E-state index in [0.717, 1.165) is 28.8 Å². The predicted octanol–water partition coefficient (Wildman–Crippen LogP) is 2.64. The van der Waals surface area contributed by atoms with Crippen molar-refractivity contribution < 1.29 is 9.53 Å². The molecule has 0 aliphatic heterocycles. The van der Waals surface area contributed by atoms with E-state index in [9.17, 15) is 4.79 Å². The average Bonchev–Trinajstić information content (AvgIpc) is 2.29. The van der Waals surface area contributed by atoms with Gasteiger partial charge in [0.05, 0.1) is 11.6 Å². The third-order valence-corrected chi connectivity index (χ3v) is 2.92. The lowest BCUT2D eigenvalue weighted by Gasteiger charge is -2.05. The average molecular weight is 286 g/mol. The van der Waals surface area contributed by atoms with Crippen LogP contribution in [0.25, 0.3) is 0 Å². The number of carbonyl (C=O) groups excluding carboxylic acids is 1. The number of ketones is 1. The molecular weight excluding hydrogens is 270 g/mol. The van der Waals surface area contributed by atoms with Gasteiger partial charge < -0.3 is 10.1 Å². The summed E-state index contributed by atoms with van der Waals surface area (Å²) in [4.78, 5) is 11.8. The van der Waals surface area contributed by atoms with E-state index in [0.29, 0.717) is 6.42 Å². The second-order valence-electron chi connectivity index (χ2n) is 3.48. The second-order valence-corrected chi connectivity index (χ2v) is 4.33. The van der Waals surface area contributed by atoms with E-state index in [4.69, 9.17) is 4.74 Å². The highest BCUT2D eigenvalue weighted by atomic mass is 79.9. The molecular formula is C12H16BrNO2. The van der Waals surface area contributed by atoms with Crippen molar-refractivity contribution in [1.29, 1.82) is 0 Å². The lowest BCUT2D eigenvalue weighted by atomic mass is 10.1. The highest BCUT2D eigenvalue weighted by Gasteiger charge is 2.08. The molecule has 0 aliphatic rings. The van der Waals surface area contributed by atoms with Crippen LogP contribution in [0.3, 0.4) is 0 Å². The van der Waals surface area contributed by atoms with Crippen molar-refractivity contribution >= 4 is 21.7 Å².